The molecule has 16 heteroatoms. The standard InChI is InChI=1S/C31H44N4O12/c1-3-18-19(9-8-16-12-35(10-11-36)13-20(27(41)42)23(16)34-31(32)33-2)21(28(43)45-17-6-4-5-7-17)15-44-29(18)47-30-26(40)25(39)24(38)22(14-37)46-30/h3,8-9,12,15,17-19,22,24-26,29-30,36-40H,1,4-7,10-11,13-14H2,2H3,(H,41,42)(H3,32,33,34). The normalized spacial score (nSPS) is 32.1. The van der Waals surface area contributed by atoms with Crippen LogP contribution >= 0.6 is 0 Å². The first-order valence-electron chi connectivity index (χ1n) is 15.4. The van der Waals surface area contributed by atoms with Gasteiger partial charge in [-0.2, -0.15) is 0 Å². The number of β-amino-alcohol motifs (C(OH)–C–C–N with tert-alkyl or cyclic N) is 1. The van der Waals surface area contributed by atoms with E-state index < -0.39 is 67.4 Å². The van der Waals surface area contributed by atoms with Gasteiger partial charge < -0.3 is 65.5 Å². The Kier molecular flexibility index (Phi) is 12.6. The summed E-state index contributed by atoms with van der Waals surface area (Å²) in [6.07, 6.45) is 1.49. The Morgan fingerprint density at radius 1 is 1.17 bits per heavy atom. The Morgan fingerprint density at radius 3 is 2.51 bits per heavy atom. The molecule has 0 aromatic carbocycles. The van der Waals surface area contributed by atoms with Crippen molar-refractivity contribution in [1.29, 1.82) is 0 Å². The van der Waals surface area contributed by atoms with Crippen molar-refractivity contribution < 1.29 is 59.2 Å². The molecule has 0 radical (unpaired) electrons. The van der Waals surface area contributed by atoms with E-state index in [0.717, 1.165) is 25.7 Å². The van der Waals surface area contributed by atoms with E-state index in [2.05, 4.69) is 16.9 Å². The highest BCUT2D eigenvalue weighted by molar-refractivity contribution is 5.92. The number of esters is 1. The van der Waals surface area contributed by atoms with Gasteiger partial charge in [-0.25, -0.2) is 9.59 Å². The Morgan fingerprint density at radius 2 is 1.89 bits per heavy atom. The lowest BCUT2D eigenvalue weighted by Gasteiger charge is -2.42. The van der Waals surface area contributed by atoms with Gasteiger partial charge in [0.2, 0.25) is 6.29 Å². The number of carbonyl (C=O) groups is 2. The zero-order chi connectivity index (χ0) is 34.2. The Balaban J connectivity index is 1.71. The molecule has 3 aliphatic heterocycles. The highest BCUT2D eigenvalue weighted by atomic mass is 16.8. The fraction of sp³-hybridized carbons (Fsp3) is 0.581. The number of aliphatic hydroxyl groups excluding tert-OH is 5. The smallest absolute Gasteiger partial charge is 0.338 e. The van der Waals surface area contributed by atoms with E-state index in [1.165, 1.54) is 19.4 Å². The molecule has 1 saturated carbocycles. The summed E-state index contributed by atoms with van der Waals surface area (Å²) in [5.41, 5.74) is 6.48. The number of aliphatic carboxylic acids is 1. The molecule has 8 atom stereocenters. The number of carboxylic acids is 1. The van der Waals surface area contributed by atoms with Crippen LogP contribution in [0.1, 0.15) is 25.7 Å². The van der Waals surface area contributed by atoms with E-state index >= 15 is 0 Å². The molecular formula is C31H44N4O12. The molecule has 0 amide bonds. The molecule has 4 rings (SSSR count). The van der Waals surface area contributed by atoms with Gasteiger partial charge in [-0.05, 0) is 25.7 Å². The molecule has 0 spiro atoms. The fourth-order valence-electron chi connectivity index (χ4n) is 5.90. The quantitative estimate of drug-likeness (QED) is 0.0516. The van der Waals surface area contributed by atoms with Gasteiger partial charge in [-0.15, -0.1) is 6.58 Å². The molecule has 3 heterocycles. The average Bonchev–Trinajstić information content (AvgIpc) is 3.57. The van der Waals surface area contributed by atoms with Gasteiger partial charge in [0.25, 0.3) is 0 Å². The Labute approximate surface area is 271 Å². The second kappa shape index (κ2) is 16.4. The molecule has 47 heavy (non-hydrogen) atoms. The minimum absolute atomic E-state index is 0.0347. The van der Waals surface area contributed by atoms with E-state index in [9.17, 15) is 40.2 Å². The number of nitrogens with two attached hydrogens (primary N) is 1. The number of carboxylic acid groups (broad SMARTS) is 1. The van der Waals surface area contributed by atoms with E-state index in [-0.39, 0.29) is 48.6 Å². The van der Waals surface area contributed by atoms with Gasteiger partial charge in [-0.3, -0.25) is 4.99 Å². The highest BCUT2D eigenvalue weighted by Gasteiger charge is 2.47. The van der Waals surface area contributed by atoms with Crippen LogP contribution in [-0.2, 0) is 28.5 Å². The van der Waals surface area contributed by atoms with Gasteiger partial charge in [0.1, 0.15) is 30.5 Å². The van der Waals surface area contributed by atoms with Crippen molar-refractivity contribution in [3.63, 3.8) is 0 Å². The number of guanidine groups is 1. The van der Waals surface area contributed by atoms with Crippen molar-refractivity contribution >= 4 is 17.9 Å². The predicted molar refractivity (Wildman–Crippen MR) is 165 cm³/mol. The summed E-state index contributed by atoms with van der Waals surface area (Å²) in [4.78, 5) is 31.3. The number of ether oxygens (including phenoxy) is 4. The average molecular weight is 665 g/mol. The van der Waals surface area contributed by atoms with Crippen molar-refractivity contribution in [2.24, 2.45) is 22.6 Å². The SMILES string of the molecule is C=CC1C(OC2OC(CO)C(O)C(O)C2O)OC=C(C(=O)OC2CCCC2)C1C=CC1=CN(CCO)CC(C(=O)O)=C1NC(N)=NC. The molecule has 8 unspecified atom stereocenters. The summed E-state index contributed by atoms with van der Waals surface area (Å²) in [6, 6.07) is 0. The molecule has 2 fully saturated rings. The first-order valence-corrected chi connectivity index (χ1v) is 15.4. The van der Waals surface area contributed by atoms with Crippen LogP contribution in [0.3, 0.4) is 0 Å². The number of hydrogen-bond donors (Lipinski definition) is 8. The van der Waals surface area contributed by atoms with E-state index in [1.54, 1.807) is 23.3 Å². The highest BCUT2D eigenvalue weighted by Crippen LogP contribution is 2.37. The van der Waals surface area contributed by atoms with E-state index in [4.69, 9.17) is 24.7 Å². The van der Waals surface area contributed by atoms with Gasteiger partial charge in [0.05, 0.1) is 48.8 Å². The second-order valence-corrected chi connectivity index (χ2v) is 11.6. The van der Waals surface area contributed by atoms with Crippen molar-refractivity contribution in [3.8, 4) is 0 Å². The summed E-state index contributed by atoms with van der Waals surface area (Å²) in [5, 5.41) is 63.0. The van der Waals surface area contributed by atoms with E-state index in [1.807, 2.05) is 0 Å². The summed E-state index contributed by atoms with van der Waals surface area (Å²) >= 11 is 0. The Hall–Kier alpha value is -3.77. The molecule has 16 nitrogen and oxygen atoms in total. The van der Waals surface area contributed by atoms with Crippen molar-refractivity contribution in [1.82, 2.24) is 10.2 Å². The summed E-state index contributed by atoms with van der Waals surface area (Å²) in [7, 11) is 1.43. The lowest BCUT2D eigenvalue weighted by molar-refractivity contribution is -0.338. The summed E-state index contributed by atoms with van der Waals surface area (Å²) in [6.45, 7) is 3.09. The first kappa shape index (κ1) is 36.1. The molecular weight excluding hydrogens is 620 g/mol. The minimum Gasteiger partial charge on any atom is -0.478 e. The monoisotopic (exact) mass is 664 g/mol. The molecule has 0 aromatic heterocycles. The third-order valence-electron chi connectivity index (χ3n) is 8.51. The number of rotatable bonds is 12. The second-order valence-electron chi connectivity index (χ2n) is 11.6. The van der Waals surface area contributed by atoms with Crippen molar-refractivity contribution in [2.75, 3.05) is 33.4 Å². The third kappa shape index (κ3) is 8.39. The summed E-state index contributed by atoms with van der Waals surface area (Å²) < 4.78 is 23.0. The van der Waals surface area contributed by atoms with Crippen LogP contribution in [-0.4, -0.2) is 130 Å². The van der Waals surface area contributed by atoms with Crippen LogP contribution in [0.2, 0.25) is 0 Å². The number of allylic oxidation sites excluding steroid dienone is 2. The minimum atomic E-state index is -1.71. The first-order chi connectivity index (χ1) is 22.5. The number of nitrogens with zero attached hydrogens (tertiary/aromatic N) is 2. The molecule has 4 aliphatic rings. The predicted octanol–water partition coefficient (Wildman–Crippen LogP) is -1.43. The number of carbonyl (C=O) groups excluding carboxylic acids is 1. The number of aliphatic imine (C=N–C) groups is 1. The molecule has 1 aliphatic carbocycles. The van der Waals surface area contributed by atoms with E-state index in [0.29, 0.717) is 5.57 Å². The lowest BCUT2D eigenvalue weighted by Crippen LogP contribution is -2.60. The fourth-order valence-corrected chi connectivity index (χ4v) is 5.90. The zero-order valence-electron chi connectivity index (χ0n) is 26.1. The van der Waals surface area contributed by atoms with Crippen LogP contribution < -0.4 is 11.1 Å². The largest absolute Gasteiger partial charge is 0.478 e. The maximum absolute atomic E-state index is 13.5. The topological polar surface area (TPSA) is 246 Å². The van der Waals surface area contributed by atoms with Gasteiger partial charge in [0, 0.05) is 31.3 Å². The van der Waals surface area contributed by atoms with Crippen LogP contribution in [0.4, 0.5) is 0 Å². The summed E-state index contributed by atoms with van der Waals surface area (Å²) in [5.74, 6) is -3.58. The maximum atomic E-state index is 13.5. The van der Waals surface area contributed by atoms with Crippen LogP contribution in [0.15, 0.2) is 64.7 Å². The molecule has 260 valence electrons. The van der Waals surface area contributed by atoms with Crippen molar-refractivity contribution in [3.05, 3.63) is 59.7 Å². The van der Waals surface area contributed by atoms with Crippen LogP contribution in [0, 0.1) is 11.8 Å². The number of hydrogen-bond acceptors (Lipinski definition) is 13. The lowest BCUT2D eigenvalue weighted by atomic mass is 9.83. The molecule has 0 aromatic rings. The molecule has 0 bridgehead atoms. The van der Waals surface area contributed by atoms with Gasteiger partial charge in [-0.1, -0.05) is 18.2 Å². The molecule has 1 saturated heterocycles. The molecule has 9 N–H and O–H groups in total. The number of aliphatic hydroxyl groups is 5. The van der Waals surface area contributed by atoms with Gasteiger partial charge in [0.15, 0.2) is 12.2 Å². The van der Waals surface area contributed by atoms with Crippen LogP contribution in [0.25, 0.3) is 0 Å². The van der Waals surface area contributed by atoms with Gasteiger partial charge >= 0.3 is 11.9 Å². The Bertz CT molecular complexity index is 1300. The van der Waals surface area contributed by atoms with Crippen molar-refractivity contribution in [2.45, 2.75) is 68.8 Å². The maximum Gasteiger partial charge on any atom is 0.338 e. The zero-order valence-corrected chi connectivity index (χ0v) is 26.1. The third-order valence-corrected chi connectivity index (χ3v) is 8.51. The number of nitrogens with one attached hydrogen (secondary N) is 1. The van der Waals surface area contributed by atoms with Crippen LogP contribution in [0.5, 0.6) is 0 Å².